The summed E-state index contributed by atoms with van der Waals surface area (Å²) in [6.45, 7) is -1.01. The van der Waals surface area contributed by atoms with Gasteiger partial charge in [0.2, 0.25) is 0 Å². The van der Waals surface area contributed by atoms with Gasteiger partial charge in [0.05, 0.1) is 23.7 Å². The maximum Gasteiger partial charge on any atom is 0.330 e. The number of para-hydroxylation sites is 1. The molecule has 3 rings (SSSR count). The molecule has 0 unspecified atom stereocenters. The number of ether oxygens (including phenoxy) is 3. The highest BCUT2D eigenvalue weighted by atomic mass is 16.7. The lowest BCUT2D eigenvalue weighted by atomic mass is 10.1. The molecule has 0 radical (unpaired) electrons. The fraction of sp³-hybridized carbons (Fsp3) is 0.412. The van der Waals surface area contributed by atoms with Crippen molar-refractivity contribution in [2.75, 3.05) is 13.4 Å². The van der Waals surface area contributed by atoms with Crippen LogP contribution >= 0.6 is 0 Å². The molecule has 156 valence electrons. The summed E-state index contributed by atoms with van der Waals surface area (Å²) in [7, 11) is 0. The molecule has 0 saturated carbocycles. The van der Waals surface area contributed by atoms with Crippen molar-refractivity contribution in [3.63, 3.8) is 0 Å². The van der Waals surface area contributed by atoms with Crippen LogP contribution in [-0.2, 0) is 20.8 Å². The fourth-order valence-electron chi connectivity index (χ4n) is 2.99. The summed E-state index contributed by atoms with van der Waals surface area (Å²) < 4.78 is 17.3. The monoisotopic (exact) mass is 409 g/mol. The van der Waals surface area contributed by atoms with Crippen molar-refractivity contribution < 1.29 is 29.3 Å². The summed E-state index contributed by atoms with van der Waals surface area (Å²) in [5.74, 6) is 0. The molecule has 1 aromatic carbocycles. The van der Waals surface area contributed by atoms with Crippen molar-refractivity contribution in [1.82, 2.24) is 9.55 Å². The van der Waals surface area contributed by atoms with Crippen molar-refractivity contribution in [2.45, 2.75) is 31.1 Å². The van der Waals surface area contributed by atoms with E-state index in [1.807, 2.05) is 0 Å². The Labute approximate surface area is 163 Å². The van der Waals surface area contributed by atoms with E-state index in [9.17, 15) is 29.9 Å². The molecule has 0 spiro atoms. The fourth-order valence-corrected chi connectivity index (χ4v) is 2.99. The number of nitrogens with zero attached hydrogens (tertiary/aromatic N) is 2. The smallest absolute Gasteiger partial charge is 0.330 e. The molecule has 1 fully saturated rings. The second-order valence-electron chi connectivity index (χ2n) is 6.24. The summed E-state index contributed by atoms with van der Waals surface area (Å²) in [5.41, 5.74) is -1.14. The van der Waals surface area contributed by atoms with Gasteiger partial charge in [0.25, 0.3) is 11.2 Å². The van der Waals surface area contributed by atoms with E-state index in [1.165, 1.54) is 24.4 Å². The summed E-state index contributed by atoms with van der Waals surface area (Å²) in [4.78, 5) is 35.8. The highest BCUT2D eigenvalue weighted by Crippen LogP contribution is 2.30. The molecule has 4 atom stereocenters. The minimum Gasteiger partial charge on any atom is -0.394 e. The van der Waals surface area contributed by atoms with Crippen LogP contribution in [0.15, 0.2) is 46.1 Å². The van der Waals surface area contributed by atoms with E-state index in [1.54, 1.807) is 6.07 Å². The third-order valence-corrected chi connectivity index (χ3v) is 4.41. The number of benzene rings is 1. The lowest BCUT2D eigenvalue weighted by Crippen LogP contribution is -2.39. The Bertz CT molecular complexity index is 973. The highest BCUT2D eigenvalue weighted by Gasteiger charge is 2.45. The van der Waals surface area contributed by atoms with Crippen molar-refractivity contribution in [2.24, 2.45) is 0 Å². The van der Waals surface area contributed by atoms with E-state index >= 15 is 0 Å². The quantitative estimate of drug-likeness (QED) is 0.220. The van der Waals surface area contributed by atoms with E-state index in [4.69, 9.17) is 14.2 Å². The van der Waals surface area contributed by atoms with Crippen LogP contribution in [0, 0.1) is 10.1 Å². The molecule has 12 nitrogen and oxygen atoms in total. The molecule has 2 aromatic rings. The third-order valence-electron chi connectivity index (χ3n) is 4.41. The van der Waals surface area contributed by atoms with Crippen LogP contribution in [0.4, 0.5) is 5.69 Å². The first-order valence-corrected chi connectivity index (χ1v) is 8.60. The molecule has 0 bridgehead atoms. The zero-order chi connectivity index (χ0) is 21.0. The third kappa shape index (κ3) is 4.58. The minimum absolute atomic E-state index is 0.102. The van der Waals surface area contributed by atoms with Crippen molar-refractivity contribution >= 4 is 5.69 Å². The van der Waals surface area contributed by atoms with Crippen LogP contribution in [0.2, 0.25) is 0 Å². The van der Waals surface area contributed by atoms with Crippen molar-refractivity contribution in [1.29, 1.82) is 0 Å². The number of nitro groups is 1. The van der Waals surface area contributed by atoms with Gasteiger partial charge in [0.1, 0.15) is 25.1 Å². The van der Waals surface area contributed by atoms with E-state index in [0.29, 0.717) is 5.56 Å². The number of H-pyrrole nitrogens is 1. The molecule has 0 amide bonds. The number of aromatic nitrogens is 2. The first-order chi connectivity index (χ1) is 13.9. The second kappa shape index (κ2) is 9.07. The summed E-state index contributed by atoms with van der Waals surface area (Å²) in [6, 6.07) is 7.15. The summed E-state index contributed by atoms with van der Waals surface area (Å²) >= 11 is 0. The van der Waals surface area contributed by atoms with Gasteiger partial charge in [-0.3, -0.25) is 24.5 Å². The minimum atomic E-state index is -1.28. The summed E-state index contributed by atoms with van der Waals surface area (Å²) in [5, 5.41) is 30.7. The van der Waals surface area contributed by atoms with Crippen LogP contribution < -0.4 is 11.2 Å². The van der Waals surface area contributed by atoms with Gasteiger partial charge in [-0.15, -0.1) is 0 Å². The largest absolute Gasteiger partial charge is 0.394 e. The van der Waals surface area contributed by atoms with Crippen LogP contribution in [-0.4, -0.2) is 56.4 Å². The molecule has 1 aromatic heterocycles. The predicted molar refractivity (Wildman–Crippen MR) is 96.0 cm³/mol. The molecule has 12 heteroatoms. The first kappa shape index (κ1) is 20.8. The number of nitrogens with one attached hydrogen (secondary N) is 1. The average Bonchev–Trinajstić information content (AvgIpc) is 3.01. The Kier molecular flexibility index (Phi) is 6.51. The summed E-state index contributed by atoms with van der Waals surface area (Å²) in [6.07, 6.45) is -3.33. The number of hydrogen-bond acceptors (Lipinski definition) is 9. The molecule has 2 heterocycles. The lowest BCUT2D eigenvalue weighted by molar-refractivity contribution is -0.386. The lowest BCUT2D eigenvalue weighted by Gasteiger charge is -2.22. The van der Waals surface area contributed by atoms with Crippen molar-refractivity contribution in [3.05, 3.63) is 73.0 Å². The second-order valence-corrected chi connectivity index (χ2v) is 6.24. The Hall–Kier alpha value is -2.90. The van der Waals surface area contributed by atoms with E-state index in [0.717, 1.165) is 10.6 Å². The maximum atomic E-state index is 12.0. The molecular formula is C17H19N3O9. The SMILES string of the molecule is O=c1ccn([C@@H]2O[C@H](CO)[C@@H](O)[C@H]2OCOCc2ccccc2[N+](=O)[O-])c(=O)[nH]1. The molecule has 1 saturated heterocycles. The molecule has 29 heavy (non-hydrogen) atoms. The Balaban J connectivity index is 1.68. The first-order valence-electron chi connectivity index (χ1n) is 8.60. The number of aliphatic hydroxyl groups excluding tert-OH is 2. The Morgan fingerprint density at radius 3 is 2.72 bits per heavy atom. The van der Waals surface area contributed by atoms with Gasteiger partial charge in [0, 0.05) is 18.3 Å². The molecular weight excluding hydrogens is 390 g/mol. The maximum absolute atomic E-state index is 12.0. The Morgan fingerprint density at radius 1 is 1.28 bits per heavy atom. The van der Waals surface area contributed by atoms with Crippen LogP contribution in [0.3, 0.4) is 0 Å². The van der Waals surface area contributed by atoms with Gasteiger partial charge < -0.3 is 24.4 Å². The molecule has 0 aliphatic carbocycles. The number of aliphatic hydroxyl groups is 2. The van der Waals surface area contributed by atoms with Crippen LogP contribution in [0.5, 0.6) is 0 Å². The molecule has 1 aliphatic heterocycles. The standard InChI is InChI=1S/C17H19N3O9/c21-7-12-14(23)15(16(29-12)19-6-5-13(22)18-17(19)24)28-9-27-8-10-3-1-2-4-11(10)20(25)26/h1-6,12,14-16,21,23H,7-9H2,(H,18,22,24)/t12-,14-,15-,16-/m1/s1. The van der Waals surface area contributed by atoms with Gasteiger partial charge >= 0.3 is 5.69 Å². The topological polar surface area (TPSA) is 166 Å². The highest BCUT2D eigenvalue weighted by molar-refractivity contribution is 5.39. The van der Waals surface area contributed by atoms with Crippen molar-refractivity contribution in [3.8, 4) is 0 Å². The zero-order valence-corrected chi connectivity index (χ0v) is 15.0. The van der Waals surface area contributed by atoms with Gasteiger partial charge in [0.15, 0.2) is 6.23 Å². The number of hydrogen-bond donors (Lipinski definition) is 3. The van der Waals surface area contributed by atoms with Crippen LogP contribution in [0.1, 0.15) is 11.8 Å². The average molecular weight is 409 g/mol. The van der Waals surface area contributed by atoms with Gasteiger partial charge in [-0.1, -0.05) is 12.1 Å². The van der Waals surface area contributed by atoms with Gasteiger partial charge in [-0.25, -0.2) is 4.79 Å². The molecule has 3 N–H and O–H groups in total. The molecule has 1 aliphatic rings. The van der Waals surface area contributed by atoms with E-state index in [2.05, 4.69) is 4.98 Å². The van der Waals surface area contributed by atoms with Gasteiger partial charge in [-0.05, 0) is 6.07 Å². The number of nitro benzene ring substituents is 1. The predicted octanol–water partition coefficient (Wildman–Crippen LogP) is -0.745. The Morgan fingerprint density at radius 2 is 2.03 bits per heavy atom. The number of aromatic amines is 1. The van der Waals surface area contributed by atoms with Crippen LogP contribution in [0.25, 0.3) is 0 Å². The van der Waals surface area contributed by atoms with Gasteiger partial charge in [-0.2, -0.15) is 0 Å². The normalized spacial score (nSPS) is 23.9. The zero-order valence-electron chi connectivity index (χ0n) is 15.0. The number of rotatable bonds is 8. The van der Waals surface area contributed by atoms with E-state index in [-0.39, 0.29) is 19.1 Å². The van der Waals surface area contributed by atoms with E-state index < -0.39 is 47.3 Å².